The van der Waals surface area contributed by atoms with Crippen LogP contribution in [0.5, 0.6) is 0 Å². The number of ether oxygens (including phenoxy) is 1. The second kappa shape index (κ2) is 8.11. The molecule has 1 saturated carbocycles. The molecule has 2 nitrogen and oxygen atoms in total. The number of esters is 1. The van der Waals surface area contributed by atoms with Crippen molar-refractivity contribution in [1.29, 1.82) is 0 Å². The van der Waals surface area contributed by atoms with Crippen LogP contribution >= 0.6 is 0 Å². The number of alkyl halides is 5. The lowest BCUT2D eigenvalue weighted by atomic mass is 9.83. The van der Waals surface area contributed by atoms with Crippen LogP contribution in [0.2, 0.25) is 0 Å². The average Bonchev–Trinajstić information content (AvgIpc) is 2.41. The molecule has 23 heavy (non-hydrogen) atoms. The summed E-state index contributed by atoms with van der Waals surface area (Å²) >= 11 is 0. The van der Waals surface area contributed by atoms with Gasteiger partial charge in [-0.2, -0.15) is 13.2 Å². The molecule has 0 aromatic heterocycles. The first-order valence-electron chi connectivity index (χ1n) is 7.81. The lowest BCUT2D eigenvalue weighted by Gasteiger charge is -2.31. The number of hydrogen-bond acceptors (Lipinski definition) is 2. The van der Waals surface area contributed by atoms with E-state index in [0.29, 0.717) is 0 Å². The summed E-state index contributed by atoms with van der Waals surface area (Å²) in [6.45, 7) is 4.88. The highest BCUT2D eigenvalue weighted by molar-refractivity contribution is 5.87. The second-order valence-corrected chi connectivity index (χ2v) is 6.31. The molecule has 0 heterocycles. The minimum absolute atomic E-state index is 0.0752. The van der Waals surface area contributed by atoms with Crippen LogP contribution in [0.4, 0.5) is 22.0 Å². The minimum Gasteiger partial charge on any atom is -0.459 e. The van der Waals surface area contributed by atoms with E-state index in [1.807, 2.05) is 0 Å². The summed E-state index contributed by atoms with van der Waals surface area (Å²) in [6.07, 6.45) is -4.75. The normalized spacial score (nSPS) is 18.5. The van der Waals surface area contributed by atoms with E-state index < -0.39 is 37.0 Å². The Morgan fingerprint density at radius 1 is 1.17 bits per heavy atom. The third kappa shape index (κ3) is 7.79. The number of carbonyl (C=O) groups excluding carboxylic acids is 1. The van der Waals surface area contributed by atoms with E-state index >= 15 is 0 Å². The Hall–Kier alpha value is -1.14. The number of carbonyl (C=O) groups is 1. The summed E-state index contributed by atoms with van der Waals surface area (Å²) < 4.78 is 68.7. The highest BCUT2D eigenvalue weighted by atomic mass is 19.4. The summed E-state index contributed by atoms with van der Waals surface area (Å²) in [5, 5.41) is 0. The van der Waals surface area contributed by atoms with Crippen LogP contribution in [0.1, 0.15) is 58.3 Å². The topological polar surface area (TPSA) is 26.3 Å². The molecule has 0 bridgehead atoms. The summed E-state index contributed by atoms with van der Waals surface area (Å²) in [5.41, 5.74) is 0.146. The van der Waals surface area contributed by atoms with Gasteiger partial charge in [-0.1, -0.05) is 25.8 Å². The van der Waals surface area contributed by atoms with Crippen LogP contribution in [0, 0.1) is 5.92 Å². The van der Waals surface area contributed by atoms with Gasteiger partial charge in [-0.05, 0) is 32.1 Å². The van der Waals surface area contributed by atoms with Gasteiger partial charge < -0.3 is 4.74 Å². The van der Waals surface area contributed by atoms with E-state index in [1.165, 1.54) is 6.92 Å². The van der Waals surface area contributed by atoms with Crippen LogP contribution < -0.4 is 0 Å². The van der Waals surface area contributed by atoms with E-state index in [-0.39, 0.29) is 17.9 Å². The highest BCUT2D eigenvalue weighted by Gasteiger charge is 2.44. The summed E-state index contributed by atoms with van der Waals surface area (Å²) in [5.74, 6) is -4.60. The van der Waals surface area contributed by atoms with E-state index in [9.17, 15) is 26.7 Å². The fourth-order valence-electron chi connectivity index (χ4n) is 2.87. The third-order valence-electron chi connectivity index (χ3n) is 4.04. The quantitative estimate of drug-likeness (QED) is 0.351. The van der Waals surface area contributed by atoms with Gasteiger partial charge in [0.1, 0.15) is 12.5 Å². The van der Waals surface area contributed by atoms with Gasteiger partial charge in [0.2, 0.25) is 0 Å². The molecule has 1 fully saturated rings. The fourth-order valence-corrected chi connectivity index (χ4v) is 2.87. The summed E-state index contributed by atoms with van der Waals surface area (Å²) in [6, 6.07) is 0. The van der Waals surface area contributed by atoms with Crippen molar-refractivity contribution in [3.8, 4) is 0 Å². The molecule has 134 valence electrons. The summed E-state index contributed by atoms with van der Waals surface area (Å²) in [4.78, 5) is 11.7. The smallest absolute Gasteiger partial charge is 0.394 e. The van der Waals surface area contributed by atoms with Gasteiger partial charge in [0.05, 0.1) is 0 Å². The fraction of sp³-hybridized carbons (Fsp3) is 0.812. The average molecular weight is 342 g/mol. The molecule has 0 spiro atoms. The number of halogens is 5. The predicted molar refractivity (Wildman–Crippen MR) is 76.1 cm³/mol. The van der Waals surface area contributed by atoms with Crippen LogP contribution in [-0.2, 0) is 9.53 Å². The zero-order valence-corrected chi connectivity index (χ0v) is 13.2. The van der Waals surface area contributed by atoms with Gasteiger partial charge in [0.25, 0.3) is 5.92 Å². The molecule has 1 rings (SSSR count). The van der Waals surface area contributed by atoms with Crippen molar-refractivity contribution in [2.24, 2.45) is 5.92 Å². The van der Waals surface area contributed by atoms with Gasteiger partial charge in [0, 0.05) is 12.0 Å². The molecule has 0 aromatic carbocycles. The zero-order chi connectivity index (χ0) is 17.7. The zero-order valence-electron chi connectivity index (χ0n) is 13.2. The third-order valence-corrected chi connectivity index (χ3v) is 4.04. The van der Waals surface area contributed by atoms with E-state index in [2.05, 4.69) is 6.58 Å². The van der Waals surface area contributed by atoms with E-state index in [4.69, 9.17) is 4.74 Å². The summed E-state index contributed by atoms with van der Waals surface area (Å²) in [7, 11) is 0. The maximum Gasteiger partial charge on any atom is 0.394 e. The molecular weight excluding hydrogens is 319 g/mol. The van der Waals surface area contributed by atoms with Crippen molar-refractivity contribution in [2.75, 3.05) is 0 Å². The molecule has 0 aliphatic heterocycles. The van der Waals surface area contributed by atoms with Crippen LogP contribution in [0.25, 0.3) is 0 Å². The molecule has 7 heteroatoms. The van der Waals surface area contributed by atoms with Crippen LogP contribution in [0.3, 0.4) is 0 Å². The molecular formula is C16H23F5O2. The maximum atomic E-state index is 13.5. The van der Waals surface area contributed by atoms with Gasteiger partial charge in [-0.25, -0.2) is 13.6 Å². The molecule has 1 unspecified atom stereocenters. The highest BCUT2D eigenvalue weighted by Crippen LogP contribution is 2.37. The molecule has 0 aromatic rings. The Morgan fingerprint density at radius 2 is 1.74 bits per heavy atom. The van der Waals surface area contributed by atoms with Gasteiger partial charge in [0.15, 0.2) is 0 Å². The lowest BCUT2D eigenvalue weighted by Crippen LogP contribution is -2.32. The Morgan fingerprint density at radius 3 is 2.22 bits per heavy atom. The Bertz CT molecular complexity index is 411. The molecule has 1 aliphatic rings. The minimum atomic E-state index is -4.92. The molecule has 0 amide bonds. The van der Waals surface area contributed by atoms with Crippen molar-refractivity contribution in [3.63, 3.8) is 0 Å². The van der Waals surface area contributed by atoms with Crippen LogP contribution in [-0.4, -0.2) is 24.2 Å². The van der Waals surface area contributed by atoms with Crippen molar-refractivity contribution in [3.05, 3.63) is 12.2 Å². The Kier molecular flexibility index (Phi) is 7.02. The maximum absolute atomic E-state index is 13.5. The standard InChI is InChI=1S/C16H23F5O2/c1-11(2)14(22)23-13(12-6-4-3-5-7-12)8-9-15(17,18)10-16(19,20)21/h12-13H,1,3-10H2,2H3. The van der Waals surface area contributed by atoms with Gasteiger partial charge in [-0.3, -0.25) is 0 Å². The largest absolute Gasteiger partial charge is 0.459 e. The Balaban J connectivity index is 2.68. The first kappa shape index (κ1) is 19.9. The molecule has 0 N–H and O–H groups in total. The van der Waals surface area contributed by atoms with Gasteiger partial charge >= 0.3 is 12.1 Å². The van der Waals surface area contributed by atoms with Crippen molar-refractivity contribution >= 4 is 5.97 Å². The molecule has 0 radical (unpaired) electrons. The van der Waals surface area contributed by atoms with E-state index in [0.717, 1.165) is 32.1 Å². The van der Waals surface area contributed by atoms with Gasteiger partial charge in [-0.15, -0.1) is 0 Å². The van der Waals surface area contributed by atoms with Crippen molar-refractivity contribution in [1.82, 2.24) is 0 Å². The molecule has 1 aliphatic carbocycles. The van der Waals surface area contributed by atoms with E-state index in [1.54, 1.807) is 0 Å². The lowest BCUT2D eigenvalue weighted by molar-refractivity contribution is -0.192. The first-order chi connectivity index (χ1) is 10.5. The monoisotopic (exact) mass is 342 g/mol. The SMILES string of the molecule is C=C(C)C(=O)OC(CCC(F)(F)CC(F)(F)F)C1CCCCC1. The second-order valence-electron chi connectivity index (χ2n) is 6.31. The number of hydrogen-bond donors (Lipinski definition) is 0. The van der Waals surface area contributed by atoms with Crippen molar-refractivity contribution < 1.29 is 31.5 Å². The van der Waals surface area contributed by atoms with Crippen molar-refractivity contribution in [2.45, 2.75) is 76.5 Å². The van der Waals surface area contributed by atoms with Crippen LogP contribution in [0.15, 0.2) is 12.2 Å². The molecule has 1 atom stereocenters. The Labute approximate surface area is 133 Å². The first-order valence-corrected chi connectivity index (χ1v) is 7.81. The predicted octanol–water partition coefficient (Wildman–Crippen LogP) is 5.42. The number of rotatable bonds is 7. The molecule has 0 saturated heterocycles.